The van der Waals surface area contributed by atoms with Gasteiger partial charge in [0.25, 0.3) is 0 Å². The van der Waals surface area contributed by atoms with Crippen molar-refractivity contribution in [2.75, 3.05) is 26.3 Å². The molecule has 3 rings (SSSR count). The highest BCUT2D eigenvalue weighted by molar-refractivity contribution is 5.41. The number of imidazole rings is 1. The molecule has 0 aliphatic carbocycles. The van der Waals surface area contributed by atoms with Gasteiger partial charge in [0, 0.05) is 25.8 Å². The fourth-order valence-electron chi connectivity index (χ4n) is 2.27. The third kappa shape index (κ3) is 2.25. The SMILES string of the molecule is OCc1ccc2ncc(CN3CCOCC3)n2c1. The average Bonchev–Trinajstić information content (AvgIpc) is 2.82. The molecule has 0 atom stereocenters. The van der Waals surface area contributed by atoms with Gasteiger partial charge in [-0.3, -0.25) is 4.90 Å². The van der Waals surface area contributed by atoms with Gasteiger partial charge >= 0.3 is 0 Å². The van der Waals surface area contributed by atoms with Crippen LogP contribution in [-0.2, 0) is 17.9 Å². The van der Waals surface area contributed by atoms with E-state index in [9.17, 15) is 5.11 Å². The van der Waals surface area contributed by atoms with Gasteiger partial charge in [-0.1, -0.05) is 6.07 Å². The van der Waals surface area contributed by atoms with Gasteiger partial charge < -0.3 is 14.2 Å². The van der Waals surface area contributed by atoms with Crippen molar-refractivity contribution in [3.05, 3.63) is 35.8 Å². The molecule has 5 heteroatoms. The Bertz CT molecular complexity index is 532. The summed E-state index contributed by atoms with van der Waals surface area (Å²) < 4.78 is 7.40. The fraction of sp³-hybridized carbons (Fsp3) is 0.462. The molecule has 0 bridgehead atoms. The molecule has 1 fully saturated rings. The van der Waals surface area contributed by atoms with E-state index in [1.807, 2.05) is 24.5 Å². The Morgan fingerprint density at radius 1 is 1.28 bits per heavy atom. The van der Waals surface area contributed by atoms with Crippen LogP contribution in [0, 0.1) is 0 Å². The van der Waals surface area contributed by atoms with Crippen molar-refractivity contribution in [1.29, 1.82) is 0 Å². The summed E-state index contributed by atoms with van der Waals surface area (Å²) in [6.07, 6.45) is 3.87. The molecule has 2 aromatic rings. The highest BCUT2D eigenvalue weighted by atomic mass is 16.5. The lowest BCUT2D eigenvalue weighted by molar-refractivity contribution is 0.0335. The van der Waals surface area contributed by atoms with E-state index in [4.69, 9.17) is 4.74 Å². The second-order valence-electron chi connectivity index (χ2n) is 4.56. The number of nitrogens with zero attached hydrogens (tertiary/aromatic N) is 3. The molecule has 1 aliphatic rings. The molecular weight excluding hydrogens is 230 g/mol. The van der Waals surface area contributed by atoms with Gasteiger partial charge in [-0.2, -0.15) is 0 Å². The number of aliphatic hydroxyl groups excluding tert-OH is 1. The third-order valence-corrected chi connectivity index (χ3v) is 3.32. The van der Waals surface area contributed by atoms with Crippen molar-refractivity contribution >= 4 is 5.65 Å². The minimum Gasteiger partial charge on any atom is -0.392 e. The van der Waals surface area contributed by atoms with Gasteiger partial charge in [0.2, 0.25) is 0 Å². The van der Waals surface area contributed by atoms with Crippen LogP contribution in [0.3, 0.4) is 0 Å². The monoisotopic (exact) mass is 247 g/mol. The third-order valence-electron chi connectivity index (χ3n) is 3.32. The van der Waals surface area contributed by atoms with E-state index in [2.05, 4.69) is 14.3 Å². The largest absolute Gasteiger partial charge is 0.392 e. The maximum Gasteiger partial charge on any atom is 0.136 e. The number of morpholine rings is 1. The molecule has 18 heavy (non-hydrogen) atoms. The molecule has 0 radical (unpaired) electrons. The molecule has 1 saturated heterocycles. The fourth-order valence-corrected chi connectivity index (χ4v) is 2.27. The van der Waals surface area contributed by atoms with Crippen LogP contribution < -0.4 is 0 Å². The minimum atomic E-state index is 0.0606. The number of hydrogen-bond donors (Lipinski definition) is 1. The Kier molecular flexibility index (Phi) is 3.27. The molecule has 0 saturated carbocycles. The Balaban J connectivity index is 1.86. The summed E-state index contributed by atoms with van der Waals surface area (Å²) >= 11 is 0. The Morgan fingerprint density at radius 3 is 2.89 bits per heavy atom. The Morgan fingerprint density at radius 2 is 2.11 bits per heavy atom. The van der Waals surface area contributed by atoms with Crippen molar-refractivity contribution in [1.82, 2.24) is 14.3 Å². The van der Waals surface area contributed by atoms with Crippen molar-refractivity contribution in [2.24, 2.45) is 0 Å². The average molecular weight is 247 g/mol. The Labute approximate surface area is 106 Å². The van der Waals surface area contributed by atoms with Crippen molar-refractivity contribution in [2.45, 2.75) is 13.2 Å². The summed E-state index contributed by atoms with van der Waals surface area (Å²) in [5.74, 6) is 0. The van der Waals surface area contributed by atoms with E-state index in [-0.39, 0.29) is 6.61 Å². The number of aromatic nitrogens is 2. The summed E-state index contributed by atoms with van der Waals surface area (Å²) in [6, 6.07) is 3.84. The normalized spacial score (nSPS) is 17.4. The van der Waals surface area contributed by atoms with E-state index >= 15 is 0 Å². The van der Waals surface area contributed by atoms with Gasteiger partial charge in [0.05, 0.1) is 31.7 Å². The molecule has 5 nitrogen and oxygen atoms in total. The first kappa shape index (κ1) is 11.6. The van der Waals surface area contributed by atoms with Gasteiger partial charge in [-0.05, 0) is 11.6 Å². The van der Waals surface area contributed by atoms with Gasteiger partial charge in [0.15, 0.2) is 0 Å². The van der Waals surface area contributed by atoms with E-state index in [0.717, 1.165) is 49.8 Å². The molecule has 2 aromatic heterocycles. The van der Waals surface area contributed by atoms with Crippen molar-refractivity contribution in [3.63, 3.8) is 0 Å². The highest BCUT2D eigenvalue weighted by Gasteiger charge is 2.13. The first-order chi connectivity index (χ1) is 8.86. The van der Waals surface area contributed by atoms with Gasteiger partial charge in [-0.25, -0.2) is 4.98 Å². The standard InChI is InChI=1S/C13H17N3O2/c17-10-11-1-2-13-14-7-12(16(13)8-11)9-15-3-5-18-6-4-15/h1-2,7-8,17H,3-6,9-10H2. The quantitative estimate of drug-likeness (QED) is 0.865. The van der Waals surface area contributed by atoms with Crippen LogP contribution in [0.1, 0.15) is 11.3 Å². The second-order valence-corrected chi connectivity index (χ2v) is 4.56. The topological polar surface area (TPSA) is 50.0 Å². The predicted octanol–water partition coefficient (Wildman–Crippen LogP) is 0.659. The second kappa shape index (κ2) is 5.06. The molecule has 0 amide bonds. The van der Waals surface area contributed by atoms with Crippen LogP contribution in [0.5, 0.6) is 0 Å². The number of pyridine rings is 1. The minimum absolute atomic E-state index is 0.0606. The summed E-state index contributed by atoms with van der Waals surface area (Å²) in [5.41, 5.74) is 2.99. The lowest BCUT2D eigenvalue weighted by Crippen LogP contribution is -2.35. The van der Waals surface area contributed by atoms with Crippen LogP contribution in [0.15, 0.2) is 24.5 Å². The molecule has 0 spiro atoms. The zero-order chi connectivity index (χ0) is 12.4. The molecule has 0 unspecified atom stereocenters. The van der Waals surface area contributed by atoms with E-state index in [1.54, 1.807) is 0 Å². The van der Waals surface area contributed by atoms with E-state index < -0.39 is 0 Å². The van der Waals surface area contributed by atoms with Crippen LogP contribution in [0.2, 0.25) is 0 Å². The summed E-state index contributed by atoms with van der Waals surface area (Å²) in [7, 11) is 0. The van der Waals surface area contributed by atoms with Crippen LogP contribution in [0.4, 0.5) is 0 Å². The molecule has 0 aromatic carbocycles. The summed E-state index contributed by atoms with van der Waals surface area (Å²) in [5, 5.41) is 9.19. The van der Waals surface area contributed by atoms with Gasteiger partial charge in [-0.15, -0.1) is 0 Å². The number of fused-ring (bicyclic) bond motifs is 1. The number of rotatable bonds is 3. The highest BCUT2D eigenvalue weighted by Crippen LogP contribution is 2.12. The Hall–Kier alpha value is -1.43. The zero-order valence-corrected chi connectivity index (χ0v) is 10.2. The number of ether oxygens (including phenoxy) is 1. The molecule has 1 aliphatic heterocycles. The molecule has 96 valence electrons. The van der Waals surface area contributed by atoms with Crippen LogP contribution in [-0.4, -0.2) is 45.7 Å². The maximum absolute atomic E-state index is 9.19. The smallest absolute Gasteiger partial charge is 0.136 e. The van der Waals surface area contributed by atoms with Gasteiger partial charge in [0.1, 0.15) is 5.65 Å². The van der Waals surface area contributed by atoms with Crippen molar-refractivity contribution in [3.8, 4) is 0 Å². The predicted molar refractivity (Wildman–Crippen MR) is 67.2 cm³/mol. The summed E-state index contributed by atoms with van der Waals surface area (Å²) in [4.78, 5) is 6.74. The molecule has 1 N–H and O–H groups in total. The first-order valence-electron chi connectivity index (χ1n) is 6.22. The lowest BCUT2D eigenvalue weighted by atomic mass is 10.3. The van der Waals surface area contributed by atoms with Crippen molar-refractivity contribution < 1.29 is 9.84 Å². The number of hydrogen-bond acceptors (Lipinski definition) is 4. The first-order valence-corrected chi connectivity index (χ1v) is 6.22. The van der Waals surface area contributed by atoms with E-state index in [0.29, 0.717) is 0 Å². The maximum atomic E-state index is 9.19. The van der Waals surface area contributed by atoms with Crippen LogP contribution >= 0.6 is 0 Å². The molecular formula is C13H17N3O2. The summed E-state index contributed by atoms with van der Waals surface area (Å²) in [6.45, 7) is 4.47. The van der Waals surface area contributed by atoms with E-state index in [1.165, 1.54) is 0 Å². The number of aliphatic hydroxyl groups is 1. The zero-order valence-electron chi connectivity index (χ0n) is 10.2. The lowest BCUT2D eigenvalue weighted by Gasteiger charge is -2.26. The van der Waals surface area contributed by atoms with Crippen LogP contribution in [0.25, 0.3) is 5.65 Å². The molecule has 3 heterocycles.